The van der Waals surface area contributed by atoms with Crippen molar-refractivity contribution in [1.29, 1.82) is 0 Å². The van der Waals surface area contributed by atoms with Crippen LogP contribution in [0.25, 0.3) is 0 Å². The molecule has 2 heterocycles. The molecule has 0 aromatic carbocycles. The Morgan fingerprint density at radius 1 is 0.470 bits per heavy atom. The van der Waals surface area contributed by atoms with E-state index in [2.05, 4.69) is 26.0 Å². The van der Waals surface area contributed by atoms with Crippen LogP contribution in [0.2, 0.25) is 0 Å². The molecular weight excluding hydrogens is 853 g/mol. The Balaban J connectivity index is 1.78. The summed E-state index contributed by atoms with van der Waals surface area (Å²) in [7, 11) is 0. The lowest BCUT2D eigenvalue weighted by Crippen LogP contribution is -2.61. The normalized spacial score (nSPS) is 26.2. The van der Waals surface area contributed by atoms with Crippen LogP contribution >= 0.6 is 0 Å². The van der Waals surface area contributed by atoms with Crippen LogP contribution in [0.5, 0.6) is 0 Å². The Morgan fingerprint density at radius 2 is 0.864 bits per heavy atom. The molecule has 2 saturated heterocycles. The van der Waals surface area contributed by atoms with E-state index >= 15 is 0 Å². The fourth-order valence-corrected chi connectivity index (χ4v) is 8.39. The van der Waals surface area contributed by atoms with E-state index in [1.165, 1.54) is 109 Å². The lowest BCUT2D eigenvalue weighted by Gasteiger charge is -2.42. The zero-order chi connectivity index (χ0) is 48.2. The minimum absolute atomic E-state index is 0.159. The molecule has 4 unspecified atom stereocenters. The predicted octanol–water partition coefficient (Wildman–Crippen LogP) is 7.38. The standard InChI is InChI=1S/C51H94O15/c1-3-5-7-9-11-13-15-17-18-19-20-21-22-24-25-27-29-31-33-42(53)61-36-39(64-43(54)34-32-30-28-26-23-16-14-12-10-8-6-4-2)37-62-50-49(60)47(58)45(56)41(66-50)38-63-51-48(59)46(57)44(55)40(35-52)65-51/h12,14,39-41,44-52,55-60H,3-11,13,15-38H2,1-2H3/b14-12+/t39-,40+,41+,44-,45-,46?,47?,48?,49?,50+,51+/m0/s1. The summed E-state index contributed by atoms with van der Waals surface area (Å²) in [6, 6.07) is 0. The van der Waals surface area contributed by atoms with Crippen molar-refractivity contribution < 1.29 is 73.8 Å². The maximum atomic E-state index is 13.0. The average molecular weight is 947 g/mol. The first-order chi connectivity index (χ1) is 32.0. The summed E-state index contributed by atoms with van der Waals surface area (Å²) in [6.45, 7) is 2.58. The second kappa shape index (κ2) is 39.0. The van der Waals surface area contributed by atoms with E-state index in [9.17, 15) is 45.3 Å². The number of hydrogen-bond acceptors (Lipinski definition) is 15. The predicted molar refractivity (Wildman–Crippen MR) is 252 cm³/mol. The van der Waals surface area contributed by atoms with Gasteiger partial charge >= 0.3 is 11.9 Å². The highest BCUT2D eigenvalue weighted by molar-refractivity contribution is 5.70. The average Bonchev–Trinajstić information content (AvgIpc) is 3.31. The van der Waals surface area contributed by atoms with Gasteiger partial charge in [0.25, 0.3) is 0 Å². The van der Waals surface area contributed by atoms with Crippen LogP contribution in [-0.4, -0.2) is 142 Å². The van der Waals surface area contributed by atoms with E-state index in [1.54, 1.807) is 0 Å². The summed E-state index contributed by atoms with van der Waals surface area (Å²) in [5.74, 6) is -0.925. The molecule has 15 nitrogen and oxygen atoms in total. The quantitative estimate of drug-likeness (QED) is 0.0180. The fraction of sp³-hybridized carbons (Fsp3) is 0.922. The van der Waals surface area contributed by atoms with Gasteiger partial charge in [0.1, 0.15) is 55.4 Å². The number of aliphatic hydroxyl groups is 7. The zero-order valence-corrected chi connectivity index (χ0v) is 40.9. The first-order valence-electron chi connectivity index (χ1n) is 26.3. The number of aliphatic hydroxyl groups excluding tert-OH is 7. The molecule has 0 bridgehead atoms. The summed E-state index contributed by atoms with van der Waals surface area (Å²) in [6.07, 6.45) is 21.0. The Labute approximate surface area is 397 Å². The number of esters is 2. The topological polar surface area (TPSA) is 231 Å². The fourth-order valence-electron chi connectivity index (χ4n) is 8.39. The molecule has 2 rings (SSSR count). The maximum Gasteiger partial charge on any atom is 0.306 e. The van der Waals surface area contributed by atoms with Crippen LogP contribution in [0.3, 0.4) is 0 Å². The SMILES string of the molecule is CCCCC/C=C/CCCCCCCC(=O)O[C@@H](COC(=O)CCCCCCCCCCCCCCCCCCCC)CO[C@@H]1O[C@H](CO[C@@H]2O[C@H](CO)[C@H](O)C(O)C2O)[C@H](O)C(O)C1O. The highest BCUT2D eigenvalue weighted by Gasteiger charge is 2.47. The van der Waals surface area contributed by atoms with Gasteiger partial charge in [0.05, 0.1) is 19.8 Å². The molecule has 0 amide bonds. The molecule has 0 aromatic heterocycles. The van der Waals surface area contributed by atoms with Crippen LogP contribution in [-0.2, 0) is 38.0 Å². The summed E-state index contributed by atoms with van der Waals surface area (Å²) < 4.78 is 33.6. The lowest BCUT2D eigenvalue weighted by atomic mass is 9.98. The highest BCUT2D eigenvalue weighted by atomic mass is 16.7. The first kappa shape index (κ1) is 60.4. The van der Waals surface area contributed by atoms with Gasteiger partial charge in [-0.15, -0.1) is 0 Å². The molecule has 2 aliphatic rings. The molecule has 7 N–H and O–H groups in total. The third kappa shape index (κ3) is 26.8. The molecule has 0 spiro atoms. The van der Waals surface area contributed by atoms with Gasteiger partial charge in [0.15, 0.2) is 18.7 Å². The van der Waals surface area contributed by atoms with Crippen molar-refractivity contribution in [1.82, 2.24) is 0 Å². The monoisotopic (exact) mass is 947 g/mol. The molecule has 388 valence electrons. The van der Waals surface area contributed by atoms with Crippen molar-refractivity contribution >= 4 is 11.9 Å². The molecule has 0 radical (unpaired) electrons. The van der Waals surface area contributed by atoms with E-state index in [0.29, 0.717) is 12.8 Å². The van der Waals surface area contributed by atoms with Gasteiger partial charge in [-0.2, -0.15) is 0 Å². The van der Waals surface area contributed by atoms with Crippen LogP contribution in [0.1, 0.15) is 206 Å². The van der Waals surface area contributed by atoms with Gasteiger partial charge in [-0.05, 0) is 38.5 Å². The van der Waals surface area contributed by atoms with E-state index in [1.807, 2.05) is 0 Å². The van der Waals surface area contributed by atoms with Gasteiger partial charge in [0, 0.05) is 12.8 Å². The van der Waals surface area contributed by atoms with Gasteiger partial charge < -0.3 is 64.2 Å². The number of carbonyl (C=O) groups excluding carboxylic acids is 2. The number of ether oxygens (including phenoxy) is 6. The largest absolute Gasteiger partial charge is 0.462 e. The van der Waals surface area contributed by atoms with Crippen molar-refractivity contribution in [3.63, 3.8) is 0 Å². The smallest absolute Gasteiger partial charge is 0.306 e. The van der Waals surface area contributed by atoms with E-state index in [-0.39, 0.29) is 26.1 Å². The molecule has 0 saturated carbocycles. The Hall–Kier alpha value is -1.76. The van der Waals surface area contributed by atoms with Crippen LogP contribution < -0.4 is 0 Å². The highest BCUT2D eigenvalue weighted by Crippen LogP contribution is 2.26. The van der Waals surface area contributed by atoms with Crippen LogP contribution in [0.4, 0.5) is 0 Å². The summed E-state index contributed by atoms with van der Waals surface area (Å²) in [5.41, 5.74) is 0. The Morgan fingerprint density at radius 3 is 1.36 bits per heavy atom. The zero-order valence-electron chi connectivity index (χ0n) is 40.9. The van der Waals surface area contributed by atoms with Crippen molar-refractivity contribution in [2.75, 3.05) is 26.4 Å². The molecule has 0 aliphatic carbocycles. The number of rotatable bonds is 41. The summed E-state index contributed by atoms with van der Waals surface area (Å²) in [4.78, 5) is 25.7. The lowest BCUT2D eigenvalue weighted by molar-refractivity contribution is -0.332. The minimum Gasteiger partial charge on any atom is -0.462 e. The minimum atomic E-state index is -1.76. The van der Waals surface area contributed by atoms with Gasteiger partial charge in [-0.25, -0.2) is 0 Å². The van der Waals surface area contributed by atoms with E-state index < -0.39 is 92.7 Å². The summed E-state index contributed by atoms with van der Waals surface area (Å²) >= 11 is 0. The van der Waals surface area contributed by atoms with Gasteiger partial charge in [-0.1, -0.05) is 167 Å². The van der Waals surface area contributed by atoms with Crippen LogP contribution in [0, 0.1) is 0 Å². The van der Waals surface area contributed by atoms with Crippen molar-refractivity contribution in [3.8, 4) is 0 Å². The Bertz CT molecular complexity index is 1210. The van der Waals surface area contributed by atoms with E-state index in [0.717, 1.165) is 57.8 Å². The number of hydrogen-bond donors (Lipinski definition) is 7. The van der Waals surface area contributed by atoms with Crippen molar-refractivity contribution in [2.45, 2.75) is 274 Å². The first-order valence-corrected chi connectivity index (χ1v) is 26.3. The number of carbonyl (C=O) groups is 2. The second-order valence-electron chi connectivity index (χ2n) is 18.7. The van der Waals surface area contributed by atoms with Gasteiger partial charge in [0.2, 0.25) is 0 Å². The van der Waals surface area contributed by atoms with Gasteiger partial charge in [-0.3, -0.25) is 9.59 Å². The Kier molecular flexibility index (Phi) is 35.7. The second-order valence-corrected chi connectivity index (χ2v) is 18.7. The molecule has 66 heavy (non-hydrogen) atoms. The number of allylic oxidation sites excluding steroid dienone is 2. The molecule has 0 aromatic rings. The third-order valence-corrected chi connectivity index (χ3v) is 12.7. The van der Waals surface area contributed by atoms with Crippen molar-refractivity contribution in [2.24, 2.45) is 0 Å². The third-order valence-electron chi connectivity index (χ3n) is 12.7. The maximum absolute atomic E-state index is 13.0. The molecule has 15 heteroatoms. The number of unbranched alkanes of at least 4 members (excludes halogenated alkanes) is 25. The molecule has 2 fully saturated rings. The van der Waals surface area contributed by atoms with E-state index in [4.69, 9.17) is 28.4 Å². The molecular formula is C51H94O15. The molecule has 2 aliphatic heterocycles. The summed E-state index contributed by atoms with van der Waals surface area (Å²) in [5, 5.41) is 72.0. The van der Waals surface area contributed by atoms with Crippen molar-refractivity contribution in [3.05, 3.63) is 12.2 Å². The van der Waals surface area contributed by atoms with Crippen LogP contribution in [0.15, 0.2) is 12.2 Å². The molecule has 11 atom stereocenters.